The van der Waals surface area contributed by atoms with Crippen LogP contribution in [0.3, 0.4) is 0 Å². The van der Waals surface area contributed by atoms with Crippen molar-refractivity contribution in [2.75, 3.05) is 13.7 Å². The number of hydrogen-bond acceptors (Lipinski definition) is 3. The molecule has 0 N–H and O–H groups in total. The fourth-order valence-corrected chi connectivity index (χ4v) is 3.50. The number of ether oxygens (including phenoxy) is 1. The van der Waals surface area contributed by atoms with Crippen molar-refractivity contribution in [1.29, 1.82) is 0 Å². The predicted molar refractivity (Wildman–Crippen MR) is 93.0 cm³/mol. The van der Waals surface area contributed by atoms with E-state index >= 15 is 0 Å². The zero-order valence-corrected chi connectivity index (χ0v) is 14.4. The maximum absolute atomic E-state index is 14.2. The molecule has 0 aliphatic rings. The molecule has 0 atom stereocenters. The van der Waals surface area contributed by atoms with Gasteiger partial charge in [-0.2, -0.15) is 4.99 Å². The molecule has 0 aliphatic carbocycles. The minimum Gasteiger partial charge on any atom is -0.383 e. The van der Waals surface area contributed by atoms with Crippen molar-refractivity contribution in [3.8, 4) is 0 Å². The largest absolute Gasteiger partial charge is 0.383 e. The van der Waals surface area contributed by atoms with E-state index in [1.165, 1.54) is 17.4 Å². The molecule has 0 radical (unpaired) electrons. The standard InChI is InChI=1S/C17H14ClFN2O2S/c1-23-10-9-21-15-13(19)3-2-4-14(15)24-17(21)20-16(22)11-5-7-12(18)8-6-11/h2-8H,9-10H2,1H3. The molecule has 0 saturated heterocycles. The molecule has 0 saturated carbocycles. The summed E-state index contributed by atoms with van der Waals surface area (Å²) in [6.07, 6.45) is 0. The number of rotatable bonds is 4. The third-order valence-electron chi connectivity index (χ3n) is 3.46. The van der Waals surface area contributed by atoms with Gasteiger partial charge in [-0.1, -0.05) is 29.0 Å². The van der Waals surface area contributed by atoms with Crippen LogP contribution in [0.25, 0.3) is 10.2 Å². The smallest absolute Gasteiger partial charge is 0.279 e. The van der Waals surface area contributed by atoms with Gasteiger partial charge < -0.3 is 9.30 Å². The quantitative estimate of drug-likeness (QED) is 0.705. The molecule has 1 aromatic heterocycles. The fourth-order valence-electron chi connectivity index (χ4n) is 2.31. The minimum absolute atomic E-state index is 0.347. The molecule has 1 amide bonds. The molecule has 0 aliphatic heterocycles. The van der Waals surface area contributed by atoms with Gasteiger partial charge in [-0.05, 0) is 36.4 Å². The van der Waals surface area contributed by atoms with Crippen LogP contribution in [0.4, 0.5) is 4.39 Å². The van der Waals surface area contributed by atoms with Gasteiger partial charge >= 0.3 is 0 Å². The summed E-state index contributed by atoms with van der Waals surface area (Å²) < 4.78 is 21.7. The zero-order valence-electron chi connectivity index (χ0n) is 12.8. The molecule has 0 fully saturated rings. The number of carbonyl (C=O) groups is 1. The average molecular weight is 365 g/mol. The van der Waals surface area contributed by atoms with Crippen LogP contribution in [0, 0.1) is 5.82 Å². The maximum atomic E-state index is 14.2. The summed E-state index contributed by atoms with van der Waals surface area (Å²) in [4.78, 5) is 17.0. The first-order chi connectivity index (χ1) is 11.6. The molecule has 124 valence electrons. The van der Waals surface area contributed by atoms with Crippen molar-refractivity contribution in [2.24, 2.45) is 4.99 Å². The van der Waals surface area contributed by atoms with Gasteiger partial charge in [0.1, 0.15) is 5.82 Å². The first kappa shape index (κ1) is 16.8. The van der Waals surface area contributed by atoms with Crippen molar-refractivity contribution < 1.29 is 13.9 Å². The van der Waals surface area contributed by atoms with E-state index in [0.717, 1.165) is 4.70 Å². The second-order valence-corrected chi connectivity index (χ2v) is 6.49. The van der Waals surface area contributed by atoms with E-state index in [-0.39, 0.29) is 5.82 Å². The molecule has 4 nitrogen and oxygen atoms in total. The number of nitrogens with zero attached hydrogens (tertiary/aromatic N) is 2. The normalized spacial score (nSPS) is 12.0. The van der Waals surface area contributed by atoms with Crippen molar-refractivity contribution in [2.45, 2.75) is 6.54 Å². The first-order valence-electron chi connectivity index (χ1n) is 7.21. The summed E-state index contributed by atoms with van der Waals surface area (Å²) in [6, 6.07) is 11.3. The van der Waals surface area contributed by atoms with Crippen LogP contribution in [0.5, 0.6) is 0 Å². The van der Waals surface area contributed by atoms with Crippen LogP contribution >= 0.6 is 22.9 Å². The predicted octanol–water partition coefficient (Wildman–Crippen LogP) is 3.88. The molecule has 1 heterocycles. The number of fused-ring (bicyclic) bond motifs is 1. The zero-order chi connectivity index (χ0) is 17.1. The van der Waals surface area contributed by atoms with Crippen molar-refractivity contribution in [3.63, 3.8) is 0 Å². The average Bonchev–Trinajstić information content (AvgIpc) is 2.92. The monoisotopic (exact) mass is 364 g/mol. The van der Waals surface area contributed by atoms with Crippen LogP contribution < -0.4 is 4.80 Å². The molecule has 2 aromatic carbocycles. The number of thiazole rings is 1. The second kappa shape index (κ2) is 7.25. The third kappa shape index (κ3) is 3.40. The van der Waals surface area contributed by atoms with Gasteiger partial charge in [0.25, 0.3) is 5.91 Å². The number of carbonyl (C=O) groups excluding carboxylic acids is 1. The Hall–Kier alpha value is -2.02. The van der Waals surface area contributed by atoms with Gasteiger partial charge in [-0.15, -0.1) is 0 Å². The van der Waals surface area contributed by atoms with Crippen LogP contribution in [0.2, 0.25) is 5.02 Å². The fraction of sp³-hybridized carbons (Fsp3) is 0.176. The molecular weight excluding hydrogens is 351 g/mol. The number of hydrogen-bond donors (Lipinski definition) is 0. The Morgan fingerprint density at radius 1 is 1.29 bits per heavy atom. The Bertz CT molecular complexity index is 947. The highest BCUT2D eigenvalue weighted by atomic mass is 35.5. The number of halogens is 2. The summed E-state index contributed by atoms with van der Waals surface area (Å²) in [5.74, 6) is -0.745. The minimum atomic E-state index is -0.398. The molecule has 3 aromatic rings. The Morgan fingerprint density at radius 3 is 2.75 bits per heavy atom. The van der Waals surface area contributed by atoms with Crippen molar-refractivity contribution in [3.05, 3.63) is 63.7 Å². The maximum Gasteiger partial charge on any atom is 0.279 e. The Morgan fingerprint density at radius 2 is 2.04 bits per heavy atom. The Labute approximate surface area is 146 Å². The third-order valence-corrected chi connectivity index (χ3v) is 4.75. The molecule has 7 heteroatoms. The number of methoxy groups -OCH3 is 1. The highest BCUT2D eigenvalue weighted by molar-refractivity contribution is 7.16. The van der Waals surface area contributed by atoms with Crippen LogP contribution in [0.15, 0.2) is 47.5 Å². The van der Waals surface area contributed by atoms with Gasteiger partial charge in [-0.3, -0.25) is 4.79 Å². The first-order valence-corrected chi connectivity index (χ1v) is 8.41. The SMILES string of the molecule is COCCn1c(=NC(=O)c2ccc(Cl)cc2)sc2cccc(F)c21. The topological polar surface area (TPSA) is 43.6 Å². The van der Waals surface area contributed by atoms with Crippen LogP contribution in [-0.2, 0) is 11.3 Å². The van der Waals surface area contributed by atoms with Crippen molar-refractivity contribution in [1.82, 2.24) is 4.57 Å². The Kier molecular flexibility index (Phi) is 5.08. The molecule has 3 rings (SSSR count). The lowest BCUT2D eigenvalue weighted by molar-refractivity contribution is 0.0997. The molecule has 0 unspecified atom stereocenters. The Balaban J connectivity index is 2.12. The summed E-state index contributed by atoms with van der Waals surface area (Å²) in [6.45, 7) is 0.798. The summed E-state index contributed by atoms with van der Waals surface area (Å²) in [7, 11) is 1.57. The van der Waals surface area contributed by atoms with Crippen molar-refractivity contribution >= 4 is 39.1 Å². The number of aromatic nitrogens is 1. The van der Waals surface area contributed by atoms with E-state index in [1.54, 1.807) is 48.1 Å². The van der Waals surface area contributed by atoms with E-state index in [4.69, 9.17) is 16.3 Å². The molecule has 0 bridgehead atoms. The van der Waals surface area contributed by atoms with Gasteiger partial charge in [0.2, 0.25) is 0 Å². The summed E-state index contributed by atoms with van der Waals surface area (Å²) in [5.41, 5.74) is 0.859. The van der Waals surface area contributed by atoms with E-state index in [0.29, 0.717) is 34.1 Å². The number of benzene rings is 2. The van der Waals surface area contributed by atoms with E-state index < -0.39 is 5.91 Å². The lowest BCUT2D eigenvalue weighted by Crippen LogP contribution is -2.19. The van der Waals surface area contributed by atoms with Gasteiger partial charge in [0.05, 0.1) is 16.8 Å². The summed E-state index contributed by atoms with van der Waals surface area (Å²) in [5, 5.41) is 0.547. The lowest BCUT2D eigenvalue weighted by atomic mass is 10.2. The lowest BCUT2D eigenvalue weighted by Gasteiger charge is -2.04. The van der Waals surface area contributed by atoms with Crippen LogP contribution in [-0.4, -0.2) is 24.2 Å². The van der Waals surface area contributed by atoms with Gasteiger partial charge in [0.15, 0.2) is 4.80 Å². The number of amides is 1. The van der Waals surface area contributed by atoms with Gasteiger partial charge in [-0.25, -0.2) is 4.39 Å². The van der Waals surface area contributed by atoms with Crippen LogP contribution in [0.1, 0.15) is 10.4 Å². The number of para-hydroxylation sites is 1. The second-order valence-electron chi connectivity index (χ2n) is 5.04. The molecular formula is C17H14ClFN2O2S. The highest BCUT2D eigenvalue weighted by Gasteiger charge is 2.12. The van der Waals surface area contributed by atoms with E-state index in [9.17, 15) is 9.18 Å². The molecule has 24 heavy (non-hydrogen) atoms. The summed E-state index contributed by atoms with van der Waals surface area (Å²) >= 11 is 7.10. The molecule has 0 spiro atoms. The van der Waals surface area contributed by atoms with E-state index in [2.05, 4.69) is 4.99 Å². The highest BCUT2D eigenvalue weighted by Crippen LogP contribution is 2.20. The van der Waals surface area contributed by atoms with E-state index in [1.807, 2.05) is 0 Å². The van der Waals surface area contributed by atoms with Gasteiger partial charge in [0, 0.05) is 24.2 Å².